The first-order chi connectivity index (χ1) is 8.64. The SMILES string of the molecule is CC1(C)Cc2n[nH][nH+]c2C(Nc2ccccc2)C1. The van der Waals surface area contributed by atoms with Crippen LogP contribution in [0.25, 0.3) is 0 Å². The standard InChI is InChI=1S/C14H18N4/c1-14(2)8-11(13-12(9-14)16-18-17-13)15-10-6-4-3-5-7-10/h3-7,11,15H,8-9H2,1-2H3,(H,16,17,18)/p+1. The number of anilines is 1. The van der Waals surface area contributed by atoms with Gasteiger partial charge in [0.25, 0.3) is 0 Å². The lowest BCUT2D eigenvalue weighted by Gasteiger charge is -2.32. The molecule has 1 aliphatic carbocycles. The summed E-state index contributed by atoms with van der Waals surface area (Å²) in [6.07, 6.45) is 2.13. The Balaban J connectivity index is 1.89. The van der Waals surface area contributed by atoms with Gasteiger partial charge in [-0.3, -0.25) is 0 Å². The van der Waals surface area contributed by atoms with E-state index in [2.05, 4.69) is 58.8 Å². The zero-order valence-corrected chi connectivity index (χ0v) is 10.8. The first-order valence-corrected chi connectivity index (χ1v) is 6.40. The molecule has 0 bridgehead atoms. The van der Waals surface area contributed by atoms with Crippen molar-refractivity contribution < 1.29 is 5.10 Å². The number of rotatable bonds is 2. The first-order valence-electron chi connectivity index (χ1n) is 6.40. The van der Waals surface area contributed by atoms with Gasteiger partial charge in [0.2, 0.25) is 5.69 Å². The first kappa shape index (κ1) is 11.3. The minimum absolute atomic E-state index is 0.280. The summed E-state index contributed by atoms with van der Waals surface area (Å²) in [5, 5.41) is 14.0. The van der Waals surface area contributed by atoms with Gasteiger partial charge in [0.1, 0.15) is 0 Å². The second-order valence-electron chi connectivity index (χ2n) is 5.82. The van der Waals surface area contributed by atoms with Crippen molar-refractivity contribution in [1.82, 2.24) is 10.3 Å². The van der Waals surface area contributed by atoms with E-state index < -0.39 is 0 Å². The van der Waals surface area contributed by atoms with Crippen LogP contribution >= 0.6 is 0 Å². The Labute approximate surface area is 107 Å². The zero-order chi connectivity index (χ0) is 12.6. The Hall–Kier alpha value is -1.84. The lowest BCUT2D eigenvalue weighted by molar-refractivity contribution is -0.467. The van der Waals surface area contributed by atoms with Crippen LogP contribution in [0.3, 0.4) is 0 Å². The Morgan fingerprint density at radius 2 is 2.11 bits per heavy atom. The molecule has 0 amide bonds. The highest BCUT2D eigenvalue weighted by atomic mass is 15.3. The van der Waals surface area contributed by atoms with E-state index in [0.717, 1.165) is 24.2 Å². The van der Waals surface area contributed by atoms with Crippen molar-refractivity contribution in [3.8, 4) is 0 Å². The molecule has 1 atom stereocenters. The van der Waals surface area contributed by atoms with Gasteiger partial charge < -0.3 is 5.32 Å². The average Bonchev–Trinajstić information content (AvgIpc) is 2.76. The molecular weight excluding hydrogens is 224 g/mol. The van der Waals surface area contributed by atoms with Crippen LogP contribution in [-0.2, 0) is 6.42 Å². The Kier molecular flexibility index (Phi) is 2.58. The molecule has 1 aliphatic rings. The molecule has 4 nitrogen and oxygen atoms in total. The normalized spacial score (nSPS) is 21.3. The summed E-state index contributed by atoms with van der Waals surface area (Å²) in [4.78, 5) is 0. The molecule has 94 valence electrons. The van der Waals surface area contributed by atoms with Gasteiger partial charge in [-0.1, -0.05) is 37.3 Å². The van der Waals surface area contributed by atoms with Crippen molar-refractivity contribution in [2.24, 2.45) is 5.41 Å². The maximum atomic E-state index is 4.32. The summed E-state index contributed by atoms with van der Waals surface area (Å²) in [5.41, 5.74) is 3.78. The predicted octanol–water partition coefficient (Wildman–Crippen LogP) is 2.35. The lowest BCUT2D eigenvalue weighted by atomic mass is 9.75. The third-order valence-electron chi connectivity index (χ3n) is 3.56. The molecule has 0 saturated carbocycles. The second kappa shape index (κ2) is 4.12. The lowest BCUT2D eigenvalue weighted by Crippen LogP contribution is -2.32. The molecule has 1 unspecified atom stereocenters. The minimum Gasteiger partial charge on any atom is -0.374 e. The summed E-state index contributed by atoms with van der Waals surface area (Å²) in [6, 6.07) is 10.6. The molecule has 18 heavy (non-hydrogen) atoms. The Bertz CT molecular complexity index is 530. The van der Waals surface area contributed by atoms with Crippen molar-refractivity contribution in [1.29, 1.82) is 0 Å². The number of aromatic nitrogens is 3. The fraction of sp³-hybridized carbons (Fsp3) is 0.429. The van der Waals surface area contributed by atoms with Gasteiger partial charge in [0.05, 0.1) is 6.04 Å². The van der Waals surface area contributed by atoms with Crippen LogP contribution in [0.5, 0.6) is 0 Å². The third-order valence-corrected chi connectivity index (χ3v) is 3.56. The number of hydrogen-bond donors (Lipinski definition) is 2. The molecule has 1 heterocycles. The summed E-state index contributed by atoms with van der Waals surface area (Å²) in [6.45, 7) is 4.59. The van der Waals surface area contributed by atoms with E-state index >= 15 is 0 Å². The summed E-state index contributed by atoms with van der Waals surface area (Å²) < 4.78 is 0. The Morgan fingerprint density at radius 1 is 1.33 bits per heavy atom. The maximum Gasteiger partial charge on any atom is 0.224 e. The third kappa shape index (κ3) is 2.10. The number of para-hydroxylation sites is 1. The van der Waals surface area contributed by atoms with Gasteiger partial charge in [-0.25, -0.2) is 0 Å². The summed E-state index contributed by atoms with van der Waals surface area (Å²) >= 11 is 0. The zero-order valence-electron chi connectivity index (χ0n) is 10.8. The van der Waals surface area contributed by atoms with Crippen molar-refractivity contribution in [2.75, 3.05) is 5.32 Å². The molecule has 2 aromatic rings. The topological polar surface area (TPSA) is 54.9 Å². The van der Waals surface area contributed by atoms with E-state index in [1.165, 1.54) is 5.69 Å². The molecule has 0 saturated heterocycles. The van der Waals surface area contributed by atoms with Crippen LogP contribution in [0, 0.1) is 5.41 Å². The maximum absolute atomic E-state index is 4.32. The molecule has 0 spiro atoms. The van der Waals surface area contributed by atoms with Crippen LogP contribution < -0.4 is 10.4 Å². The molecule has 1 aromatic heterocycles. The highest BCUT2D eigenvalue weighted by Gasteiger charge is 2.38. The smallest absolute Gasteiger partial charge is 0.224 e. The number of aromatic amines is 2. The van der Waals surface area contributed by atoms with E-state index in [1.54, 1.807) is 0 Å². The number of H-pyrrole nitrogens is 2. The second-order valence-corrected chi connectivity index (χ2v) is 5.82. The van der Waals surface area contributed by atoms with Crippen LogP contribution in [0.1, 0.15) is 37.7 Å². The molecule has 0 fully saturated rings. The number of nitrogens with zero attached hydrogens (tertiary/aromatic N) is 1. The van der Waals surface area contributed by atoms with Crippen LogP contribution in [0.15, 0.2) is 30.3 Å². The van der Waals surface area contributed by atoms with Crippen molar-refractivity contribution >= 4 is 5.69 Å². The predicted molar refractivity (Wildman–Crippen MR) is 70.1 cm³/mol. The van der Waals surface area contributed by atoms with Crippen LogP contribution in [-0.4, -0.2) is 10.3 Å². The molecule has 4 heteroatoms. The minimum atomic E-state index is 0.280. The van der Waals surface area contributed by atoms with Gasteiger partial charge in [-0.15, -0.1) is 0 Å². The number of hydrogen-bond acceptors (Lipinski definition) is 2. The average molecular weight is 243 g/mol. The summed E-state index contributed by atoms with van der Waals surface area (Å²) in [7, 11) is 0. The highest BCUT2D eigenvalue weighted by molar-refractivity contribution is 5.45. The molecule has 3 N–H and O–H groups in total. The number of fused-ring (bicyclic) bond motifs is 1. The summed E-state index contributed by atoms with van der Waals surface area (Å²) in [5.74, 6) is 0. The monoisotopic (exact) mass is 243 g/mol. The number of nitrogens with one attached hydrogen (secondary N) is 3. The van der Waals surface area contributed by atoms with E-state index in [1.807, 2.05) is 6.07 Å². The highest BCUT2D eigenvalue weighted by Crippen LogP contribution is 2.39. The van der Waals surface area contributed by atoms with Crippen molar-refractivity contribution in [2.45, 2.75) is 32.7 Å². The largest absolute Gasteiger partial charge is 0.374 e. The van der Waals surface area contributed by atoms with Gasteiger partial charge in [-0.2, -0.15) is 5.10 Å². The fourth-order valence-corrected chi connectivity index (χ4v) is 2.75. The Morgan fingerprint density at radius 3 is 2.89 bits per heavy atom. The molecule has 3 rings (SSSR count). The van der Waals surface area contributed by atoms with E-state index in [0.29, 0.717) is 6.04 Å². The van der Waals surface area contributed by atoms with E-state index in [4.69, 9.17) is 0 Å². The van der Waals surface area contributed by atoms with Crippen molar-refractivity contribution in [3.05, 3.63) is 41.7 Å². The van der Waals surface area contributed by atoms with E-state index in [9.17, 15) is 0 Å². The van der Waals surface area contributed by atoms with E-state index in [-0.39, 0.29) is 5.41 Å². The van der Waals surface area contributed by atoms with Gasteiger partial charge in [0.15, 0.2) is 5.69 Å². The van der Waals surface area contributed by atoms with Gasteiger partial charge in [0, 0.05) is 17.2 Å². The van der Waals surface area contributed by atoms with Crippen molar-refractivity contribution in [3.63, 3.8) is 0 Å². The quantitative estimate of drug-likeness (QED) is 0.850. The van der Waals surface area contributed by atoms with Gasteiger partial charge in [-0.05, 0) is 24.0 Å². The molecular formula is C14H19N4+. The molecule has 0 aliphatic heterocycles. The van der Waals surface area contributed by atoms with Gasteiger partial charge >= 0.3 is 0 Å². The molecule has 1 aromatic carbocycles. The van der Waals surface area contributed by atoms with Crippen LogP contribution in [0.4, 0.5) is 5.69 Å². The fourth-order valence-electron chi connectivity index (χ4n) is 2.75. The van der Waals surface area contributed by atoms with Crippen LogP contribution in [0.2, 0.25) is 0 Å². The molecule has 0 radical (unpaired) electrons. The number of benzene rings is 1.